The van der Waals surface area contributed by atoms with Crippen molar-refractivity contribution in [2.45, 2.75) is 24.9 Å². The maximum atomic E-state index is 11.5. The van der Waals surface area contributed by atoms with E-state index in [2.05, 4.69) is 5.32 Å². The van der Waals surface area contributed by atoms with Gasteiger partial charge in [0.15, 0.2) is 0 Å². The number of hydroxylamine groups is 2. The van der Waals surface area contributed by atoms with Crippen LogP contribution in [0.15, 0.2) is 0 Å². The zero-order valence-electron chi connectivity index (χ0n) is 7.41. The normalized spacial score (nSPS) is 37.7. The summed E-state index contributed by atoms with van der Waals surface area (Å²) in [6, 6.07) is 0.614. The van der Waals surface area contributed by atoms with Crippen LogP contribution >= 0.6 is 0 Å². The number of hydrogen-bond donors (Lipinski definition) is 1. The molecule has 0 bridgehead atoms. The highest BCUT2D eigenvalue weighted by Crippen LogP contribution is 2.40. The van der Waals surface area contributed by atoms with Gasteiger partial charge in [-0.2, -0.15) is 0 Å². The first-order chi connectivity index (χ1) is 5.72. The van der Waals surface area contributed by atoms with Crippen LogP contribution < -0.4 is 5.32 Å². The van der Waals surface area contributed by atoms with Crippen molar-refractivity contribution >= 4 is 5.91 Å². The summed E-state index contributed by atoms with van der Waals surface area (Å²) in [6.45, 7) is 0. The zero-order chi connectivity index (χ0) is 8.72. The Morgan fingerprint density at radius 2 is 2.33 bits per heavy atom. The number of piperidine rings is 1. The number of nitrogens with zero attached hydrogens (tertiary/aromatic N) is 1. The Balaban J connectivity index is 1.88. The predicted molar refractivity (Wildman–Crippen MR) is 43.2 cm³/mol. The highest BCUT2D eigenvalue weighted by atomic mass is 16.7. The molecule has 1 amide bonds. The van der Waals surface area contributed by atoms with E-state index in [9.17, 15) is 4.79 Å². The molecule has 4 heteroatoms. The minimum absolute atomic E-state index is 0.00120. The van der Waals surface area contributed by atoms with Gasteiger partial charge in [0.05, 0.1) is 13.2 Å². The predicted octanol–water partition coefficient (Wildman–Crippen LogP) is -0.243. The minimum atomic E-state index is -0.00120. The number of nitrogens with one attached hydrogen (secondary N) is 1. The second kappa shape index (κ2) is 2.71. The van der Waals surface area contributed by atoms with Crippen molar-refractivity contribution < 1.29 is 9.63 Å². The van der Waals surface area contributed by atoms with Gasteiger partial charge in [0, 0.05) is 13.1 Å². The molecule has 1 aliphatic heterocycles. The molecule has 1 heterocycles. The fourth-order valence-corrected chi connectivity index (χ4v) is 1.82. The van der Waals surface area contributed by atoms with Crippen LogP contribution in [-0.2, 0) is 9.63 Å². The van der Waals surface area contributed by atoms with Gasteiger partial charge in [-0.3, -0.25) is 9.63 Å². The molecule has 0 aromatic heterocycles. The van der Waals surface area contributed by atoms with Crippen LogP contribution in [0.5, 0.6) is 0 Å². The number of amides is 1. The third-order valence-corrected chi connectivity index (χ3v) is 2.76. The number of carbonyl (C=O) groups is 1. The van der Waals surface area contributed by atoms with Crippen molar-refractivity contribution in [2.75, 3.05) is 14.2 Å². The van der Waals surface area contributed by atoms with E-state index in [0.717, 1.165) is 12.3 Å². The number of likely N-dealkylation sites (N-methyl/N-ethyl adjacent to an activating group) is 1. The van der Waals surface area contributed by atoms with Crippen molar-refractivity contribution in [1.82, 2.24) is 10.4 Å². The molecule has 0 aromatic rings. The van der Waals surface area contributed by atoms with Crippen molar-refractivity contribution in [3.05, 3.63) is 0 Å². The van der Waals surface area contributed by atoms with E-state index in [0.29, 0.717) is 6.04 Å². The van der Waals surface area contributed by atoms with Crippen LogP contribution in [0.3, 0.4) is 0 Å². The van der Waals surface area contributed by atoms with E-state index in [4.69, 9.17) is 4.84 Å². The number of rotatable bonds is 2. The van der Waals surface area contributed by atoms with Gasteiger partial charge in [-0.1, -0.05) is 0 Å². The highest BCUT2D eigenvalue weighted by Gasteiger charge is 2.48. The Morgan fingerprint density at radius 3 is 2.83 bits per heavy atom. The first-order valence-electron chi connectivity index (χ1n) is 4.30. The fourth-order valence-electron chi connectivity index (χ4n) is 1.82. The van der Waals surface area contributed by atoms with E-state index < -0.39 is 0 Å². The average Bonchev–Trinajstić information content (AvgIpc) is 2.71. The second-order valence-electron chi connectivity index (χ2n) is 3.58. The third-order valence-electron chi connectivity index (χ3n) is 2.76. The number of fused-ring (bicyclic) bond motifs is 1. The van der Waals surface area contributed by atoms with Crippen molar-refractivity contribution in [3.8, 4) is 0 Å². The van der Waals surface area contributed by atoms with Gasteiger partial charge in [-0.05, 0) is 18.8 Å². The van der Waals surface area contributed by atoms with Crippen LogP contribution in [0.4, 0.5) is 0 Å². The lowest BCUT2D eigenvalue weighted by atomic mass is 10.2. The molecule has 2 aliphatic rings. The molecular weight excluding hydrogens is 156 g/mol. The molecule has 68 valence electrons. The van der Waals surface area contributed by atoms with Gasteiger partial charge >= 0.3 is 0 Å². The maximum Gasteiger partial charge on any atom is 0.262 e. The Hall–Kier alpha value is -0.610. The van der Waals surface area contributed by atoms with Crippen molar-refractivity contribution in [3.63, 3.8) is 0 Å². The first-order valence-corrected chi connectivity index (χ1v) is 4.30. The third kappa shape index (κ3) is 1.21. The molecule has 2 rings (SSSR count). The number of hydrogen-bond acceptors (Lipinski definition) is 3. The van der Waals surface area contributed by atoms with Gasteiger partial charge < -0.3 is 5.32 Å². The van der Waals surface area contributed by atoms with Gasteiger partial charge in [0.2, 0.25) is 0 Å². The lowest BCUT2D eigenvalue weighted by molar-refractivity contribution is -0.170. The molecular formula is C8H14N2O2. The molecule has 0 unspecified atom stereocenters. The van der Waals surface area contributed by atoms with Gasteiger partial charge in [-0.25, -0.2) is 5.06 Å². The van der Waals surface area contributed by atoms with E-state index >= 15 is 0 Å². The van der Waals surface area contributed by atoms with Crippen molar-refractivity contribution in [2.24, 2.45) is 5.92 Å². The molecule has 4 nitrogen and oxygen atoms in total. The van der Waals surface area contributed by atoms with E-state index in [1.165, 1.54) is 18.6 Å². The van der Waals surface area contributed by atoms with Crippen LogP contribution in [-0.4, -0.2) is 37.2 Å². The van der Waals surface area contributed by atoms with Crippen LogP contribution in [0.2, 0.25) is 0 Å². The molecule has 0 spiro atoms. The largest absolute Gasteiger partial charge is 0.303 e. The summed E-state index contributed by atoms with van der Waals surface area (Å²) < 4.78 is 0. The topological polar surface area (TPSA) is 41.6 Å². The van der Waals surface area contributed by atoms with E-state index in [-0.39, 0.29) is 11.9 Å². The monoisotopic (exact) mass is 170 g/mol. The van der Waals surface area contributed by atoms with Gasteiger partial charge in [0.1, 0.15) is 0 Å². The lowest BCUT2D eigenvalue weighted by Crippen LogP contribution is -2.42. The fraction of sp³-hybridized carbons (Fsp3) is 0.875. The summed E-state index contributed by atoms with van der Waals surface area (Å²) in [4.78, 5) is 16.3. The van der Waals surface area contributed by atoms with Crippen molar-refractivity contribution in [1.29, 1.82) is 0 Å². The second-order valence-corrected chi connectivity index (χ2v) is 3.58. The number of carbonyl (C=O) groups excluding carboxylic acids is 1. The molecule has 0 aromatic carbocycles. The van der Waals surface area contributed by atoms with Gasteiger partial charge in [0.25, 0.3) is 5.91 Å². The Kier molecular flexibility index (Phi) is 1.81. The average molecular weight is 170 g/mol. The summed E-state index contributed by atoms with van der Waals surface area (Å²) in [7, 11) is 3.15. The minimum Gasteiger partial charge on any atom is -0.303 e. The molecule has 1 saturated carbocycles. The van der Waals surface area contributed by atoms with Crippen LogP contribution in [0.25, 0.3) is 0 Å². The van der Waals surface area contributed by atoms with Crippen LogP contribution in [0.1, 0.15) is 12.8 Å². The van der Waals surface area contributed by atoms with Crippen LogP contribution in [0, 0.1) is 5.92 Å². The first kappa shape index (κ1) is 8.01. The molecule has 1 saturated heterocycles. The Morgan fingerprint density at radius 1 is 1.58 bits per heavy atom. The molecule has 1 aliphatic carbocycles. The summed E-state index contributed by atoms with van der Waals surface area (Å²) >= 11 is 0. The highest BCUT2D eigenvalue weighted by molar-refractivity contribution is 5.81. The molecule has 3 atom stereocenters. The van der Waals surface area contributed by atoms with E-state index in [1.807, 2.05) is 0 Å². The quantitative estimate of drug-likeness (QED) is 0.581. The molecule has 2 fully saturated rings. The standard InChI is InChI=1S/C8H14N2O2/c1-10(12-2)8(11)7-4-5-3-6(5)9-7/h5-7,9H,3-4H2,1-2H3/t5-,6-,7+/m1/s1. The van der Waals surface area contributed by atoms with Gasteiger partial charge in [-0.15, -0.1) is 0 Å². The Bertz CT molecular complexity index is 197. The SMILES string of the molecule is CON(C)C(=O)[C@@H]1C[C@H]2C[C@H]2N1. The smallest absolute Gasteiger partial charge is 0.262 e. The lowest BCUT2D eigenvalue weighted by Gasteiger charge is -2.19. The van der Waals surface area contributed by atoms with E-state index in [1.54, 1.807) is 7.05 Å². The summed E-state index contributed by atoms with van der Waals surface area (Å²) in [5, 5.41) is 4.57. The maximum absolute atomic E-state index is 11.5. The molecule has 12 heavy (non-hydrogen) atoms. The molecule has 0 radical (unpaired) electrons. The summed E-state index contributed by atoms with van der Waals surface area (Å²) in [6.07, 6.45) is 2.23. The summed E-state index contributed by atoms with van der Waals surface area (Å²) in [5.74, 6) is 0.800. The summed E-state index contributed by atoms with van der Waals surface area (Å²) in [5.41, 5.74) is 0. The molecule has 1 N–H and O–H groups in total. The Labute approximate surface area is 71.8 Å². The zero-order valence-corrected chi connectivity index (χ0v) is 7.41.